The van der Waals surface area contributed by atoms with E-state index in [9.17, 15) is 0 Å². The number of unbranched alkanes of at least 4 members (excludes halogenated alkanes) is 1. The summed E-state index contributed by atoms with van der Waals surface area (Å²) in [4.78, 5) is 0. The molecule has 1 rings (SSSR count). The van der Waals surface area contributed by atoms with Gasteiger partial charge in [0.1, 0.15) is 0 Å². The second-order valence-corrected chi connectivity index (χ2v) is 4.59. The summed E-state index contributed by atoms with van der Waals surface area (Å²) in [6, 6.07) is 0. The van der Waals surface area contributed by atoms with Crippen molar-refractivity contribution in [1.29, 1.82) is 0 Å². The van der Waals surface area contributed by atoms with Gasteiger partial charge in [-0.3, -0.25) is 0 Å². The molecule has 0 N–H and O–H groups in total. The van der Waals surface area contributed by atoms with Gasteiger partial charge in [-0.2, -0.15) is 0 Å². The highest BCUT2D eigenvalue weighted by Gasteiger charge is 2.24. The maximum atomic E-state index is 4.19. The van der Waals surface area contributed by atoms with E-state index in [4.69, 9.17) is 0 Å². The molecule has 0 aliphatic heterocycles. The summed E-state index contributed by atoms with van der Waals surface area (Å²) >= 11 is 1.57. The highest BCUT2D eigenvalue weighted by Crippen LogP contribution is 2.33. The van der Waals surface area contributed by atoms with Gasteiger partial charge in [0, 0.05) is 11.6 Å². The first-order valence-corrected chi connectivity index (χ1v) is 5.96. The van der Waals surface area contributed by atoms with Gasteiger partial charge in [0.15, 0.2) is 0 Å². The largest absolute Gasteiger partial charge is 0.201 e. The smallest absolute Gasteiger partial charge is 0.0444 e. The molecular formula is C11H19NS. The lowest BCUT2D eigenvalue weighted by atomic mass is 9.78. The summed E-state index contributed by atoms with van der Waals surface area (Å²) in [5.41, 5.74) is 1.79. The molecule has 0 aliphatic carbocycles. The fourth-order valence-corrected chi connectivity index (χ4v) is 2.29. The number of hydrogen-bond acceptors (Lipinski definition) is 2. The highest BCUT2D eigenvalue weighted by molar-refractivity contribution is 7.03. The molecule has 0 saturated carbocycles. The predicted molar refractivity (Wildman–Crippen MR) is 59.3 cm³/mol. The topological polar surface area (TPSA) is 12.9 Å². The Kier molecular flexibility index (Phi) is 3.91. The second kappa shape index (κ2) is 4.75. The average molecular weight is 197 g/mol. The summed E-state index contributed by atoms with van der Waals surface area (Å²) < 4.78 is 4.19. The molecule has 1 atom stereocenters. The van der Waals surface area contributed by atoms with Crippen molar-refractivity contribution in [2.45, 2.75) is 51.9 Å². The zero-order valence-corrected chi connectivity index (χ0v) is 9.66. The molecule has 1 aromatic rings. The Morgan fingerprint density at radius 3 is 2.69 bits per heavy atom. The molecule has 0 spiro atoms. The molecule has 0 aliphatic rings. The van der Waals surface area contributed by atoms with E-state index in [0.29, 0.717) is 5.41 Å². The molecule has 0 aromatic carbocycles. The molecule has 1 unspecified atom stereocenters. The third-order valence-electron chi connectivity index (χ3n) is 2.99. The first kappa shape index (κ1) is 10.7. The minimum Gasteiger partial charge on any atom is -0.201 e. The number of aromatic nitrogens is 1. The van der Waals surface area contributed by atoms with Crippen LogP contribution >= 0.6 is 11.5 Å². The molecule has 0 bridgehead atoms. The van der Waals surface area contributed by atoms with Crippen LogP contribution in [0.1, 0.15) is 52.0 Å². The fraction of sp³-hybridized carbons (Fsp3) is 0.727. The Morgan fingerprint density at radius 1 is 1.46 bits per heavy atom. The van der Waals surface area contributed by atoms with Gasteiger partial charge in [-0.05, 0) is 35.4 Å². The summed E-state index contributed by atoms with van der Waals surface area (Å²) in [7, 11) is 0. The summed E-state index contributed by atoms with van der Waals surface area (Å²) in [6.45, 7) is 6.88. The van der Waals surface area contributed by atoms with E-state index in [0.717, 1.165) is 0 Å². The normalized spacial score (nSPS) is 15.6. The zero-order valence-electron chi connectivity index (χ0n) is 8.84. The van der Waals surface area contributed by atoms with Crippen LogP contribution in [0, 0.1) is 0 Å². The van der Waals surface area contributed by atoms with Crippen LogP contribution in [-0.2, 0) is 5.41 Å². The lowest BCUT2D eigenvalue weighted by molar-refractivity contribution is 0.404. The molecule has 2 heteroatoms. The van der Waals surface area contributed by atoms with Crippen molar-refractivity contribution in [3.63, 3.8) is 0 Å². The van der Waals surface area contributed by atoms with Crippen LogP contribution in [0.5, 0.6) is 0 Å². The molecule has 13 heavy (non-hydrogen) atoms. The maximum absolute atomic E-state index is 4.19. The van der Waals surface area contributed by atoms with Crippen molar-refractivity contribution in [3.8, 4) is 0 Å². The van der Waals surface area contributed by atoms with E-state index in [-0.39, 0.29) is 0 Å². The maximum Gasteiger partial charge on any atom is 0.0444 e. The summed E-state index contributed by atoms with van der Waals surface area (Å²) in [5, 5.41) is 2.19. The van der Waals surface area contributed by atoms with Gasteiger partial charge in [0.2, 0.25) is 0 Å². The average Bonchev–Trinajstić information content (AvgIpc) is 2.67. The Labute approximate surface area is 85.4 Å². The lowest BCUT2D eigenvalue weighted by Crippen LogP contribution is -2.19. The van der Waals surface area contributed by atoms with E-state index in [1.807, 2.05) is 6.20 Å². The Morgan fingerprint density at radius 2 is 2.23 bits per heavy atom. The van der Waals surface area contributed by atoms with Gasteiger partial charge in [-0.1, -0.05) is 33.6 Å². The Balaban J connectivity index is 2.69. The van der Waals surface area contributed by atoms with Crippen LogP contribution in [0.2, 0.25) is 0 Å². The monoisotopic (exact) mass is 197 g/mol. The van der Waals surface area contributed by atoms with E-state index < -0.39 is 0 Å². The quantitative estimate of drug-likeness (QED) is 0.695. The second-order valence-electron chi connectivity index (χ2n) is 3.93. The molecule has 0 radical (unpaired) electrons. The van der Waals surface area contributed by atoms with Gasteiger partial charge in [0.05, 0.1) is 0 Å². The number of rotatable bonds is 5. The van der Waals surface area contributed by atoms with Crippen molar-refractivity contribution >= 4 is 11.5 Å². The molecule has 1 heterocycles. The molecule has 74 valence electrons. The van der Waals surface area contributed by atoms with Crippen molar-refractivity contribution in [3.05, 3.63) is 17.1 Å². The van der Waals surface area contributed by atoms with Crippen molar-refractivity contribution in [1.82, 2.24) is 4.37 Å². The van der Waals surface area contributed by atoms with Gasteiger partial charge in [-0.15, -0.1) is 0 Å². The SMILES string of the molecule is CCCCC(C)(CC)c1cnsc1. The van der Waals surface area contributed by atoms with E-state index in [2.05, 4.69) is 30.5 Å². The van der Waals surface area contributed by atoms with Gasteiger partial charge >= 0.3 is 0 Å². The molecule has 1 nitrogen and oxygen atoms in total. The van der Waals surface area contributed by atoms with Crippen molar-refractivity contribution in [2.75, 3.05) is 0 Å². The van der Waals surface area contributed by atoms with E-state index in [1.165, 1.54) is 31.2 Å². The first-order valence-electron chi connectivity index (χ1n) is 5.13. The summed E-state index contributed by atoms with van der Waals surface area (Å²) in [6.07, 6.45) is 7.14. The third-order valence-corrected chi connectivity index (χ3v) is 3.58. The third kappa shape index (κ3) is 2.53. The standard InChI is InChI=1S/C11H19NS/c1-4-6-7-11(3,5-2)10-8-12-13-9-10/h8-9H,4-7H2,1-3H3. The predicted octanol–water partition coefficient (Wildman–Crippen LogP) is 4.00. The van der Waals surface area contributed by atoms with E-state index >= 15 is 0 Å². The molecule has 0 saturated heterocycles. The van der Waals surface area contributed by atoms with Crippen molar-refractivity contribution < 1.29 is 0 Å². The van der Waals surface area contributed by atoms with E-state index in [1.54, 1.807) is 11.5 Å². The van der Waals surface area contributed by atoms with Gasteiger partial charge in [0.25, 0.3) is 0 Å². The van der Waals surface area contributed by atoms with Gasteiger partial charge < -0.3 is 0 Å². The highest BCUT2D eigenvalue weighted by atomic mass is 32.1. The molecule has 0 fully saturated rings. The van der Waals surface area contributed by atoms with Crippen LogP contribution in [0.3, 0.4) is 0 Å². The van der Waals surface area contributed by atoms with Gasteiger partial charge in [-0.25, -0.2) is 4.37 Å². The fourth-order valence-electron chi connectivity index (χ4n) is 1.60. The lowest BCUT2D eigenvalue weighted by Gasteiger charge is -2.26. The first-order chi connectivity index (χ1) is 6.23. The summed E-state index contributed by atoms with van der Waals surface area (Å²) in [5.74, 6) is 0. The number of hydrogen-bond donors (Lipinski definition) is 0. The van der Waals surface area contributed by atoms with Crippen molar-refractivity contribution in [2.24, 2.45) is 0 Å². The van der Waals surface area contributed by atoms with Crippen LogP contribution in [0.15, 0.2) is 11.6 Å². The zero-order chi connectivity index (χ0) is 9.73. The Hall–Kier alpha value is -0.370. The minimum atomic E-state index is 0.364. The van der Waals surface area contributed by atoms with Crippen LogP contribution in [-0.4, -0.2) is 4.37 Å². The molecule has 1 aromatic heterocycles. The van der Waals surface area contributed by atoms with Crippen LogP contribution in [0.4, 0.5) is 0 Å². The Bertz CT molecular complexity index is 230. The molecule has 0 amide bonds. The van der Waals surface area contributed by atoms with Crippen LogP contribution in [0.25, 0.3) is 0 Å². The minimum absolute atomic E-state index is 0.364. The number of nitrogens with zero attached hydrogens (tertiary/aromatic N) is 1. The van der Waals surface area contributed by atoms with Crippen LogP contribution < -0.4 is 0 Å². The molecular weight excluding hydrogens is 178 g/mol.